The van der Waals surface area contributed by atoms with E-state index in [9.17, 15) is 35.3 Å². The van der Waals surface area contributed by atoms with Gasteiger partial charge >= 0.3 is 6.18 Å². The summed E-state index contributed by atoms with van der Waals surface area (Å²) in [4.78, 5) is 26.8. The average Bonchev–Trinajstić information content (AvgIpc) is 3.43. The summed E-state index contributed by atoms with van der Waals surface area (Å²) in [6.07, 6.45) is -3.63. The zero-order chi connectivity index (χ0) is 34.8. The van der Waals surface area contributed by atoms with Gasteiger partial charge in [-0.2, -0.15) is 13.2 Å². The summed E-state index contributed by atoms with van der Waals surface area (Å²) in [6.45, 7) is 2.25. The van der Waals surface area contributed by atoms with E-state index in [1.165, 1.54) is 24.3 Å². The van der Waals surface area contributed by atoms with Crippen molar-refractivity contribution in [1.29, 1.82) is 0 Å². The Bertz CT molecular complexity index is 1790. The first-order valence-corrected chi connectivity index (χ1v) is 16.6. The smallest absolute Gasteiger partial charge is 0.354 e. The Kier molecular flexibility index (Phi) is 10.0. The summed E-state index contributed by atoms with van der Waals surface area (Å²) in [7, 11) is -2.15. The van der Waals surface area contributed by atoms with Gasteiger partial charge in [-0.25, -0.2) is 26.7 Å². The van der Waals surface area contributed by atoms with E-state index in [-0.39, 0.29) is 11.4 Å². The van der Waals surface area contributed by atoms with Crippen LogP contribution in [0, 0.1) is 5.82 Å². The number of anilines is 1. The molecule has 49 heavy (non-hydrogen) atoms. The lowest BCUT2D eigenvalue weighted by atomic mass is 10.1. The number of hydrogen-bond donors (Lipinski definition) is 1. The molecule has 1 N–H and O–H groups in total. The molecule has 1 amide bonds. The first-order valence-electron chi connectivity index (χ1n) is 15.5. The fraction of sp³-hybridized carbons (Fsp3) is 0.324. The maximum atomic E-state index is 14.6. The van der Waals surface area contributed by atoms with Crippen LogP contribution in [-0.4, -0.2) is 74.0 Å². The van der Waals surface area contributed by atoms with Gasteiger partial charge in [0.1, 0.15) is 28.7 Å². The van der Waals surface area contributed by atoms with Gasteiger partial charge in [-0.1, -0.05) is 18.2 Å². The van der Waals surface area contributed by atoms with E-state index >= 15 is 0 Å². The maximum absolute atomic E-state index is 14.6. The van der Waals surface area contributed by atoms with Gasteiger partial charge in [0.15, 0.2) is 0 Å². The molecule has 2 aromatic heterocycles. The number of halogens is 6. The SMILES string of the molecule is O=C(NCc1cc(-c2ccc(C(F)(F)F)cc2)nc(N2CCN(Cc3ccccn3)CC2)c1)C1CC(F)(F)CN1S(=O)c1ccc(F)cc1. The number of rotatable bonds is 9. The number of aromatic nitrogens is 2. The van der Waals surface area contributed by atoms with Gasteiger partial charge in [0, 0.05) is 57.4 Å². The van der Waals surface area contributed by atoms with Crippen molar-refractivity contribution in [2.24, 2.45) is 0 Å². The first kappa shape index (κ1) is 34.5. The molecule has 0 radical (unpaired) electrons. The first-order chi connectivity index (χ1) is 23.3. The minimum atomic E-state index is -4.51. The van der Waals surface area contributed by atoms with Gasteiger partial charge in [0.2, 0.25) is 5.91 Å². The average molecular weight is 703 g/mol. The molecule has 0 saturated carbocycles. The zero-order valence-corrected chi connectivity index (χ0v) is 26.9. The molecule has 2 aromatic carbocycles. The molecule has 2 aliphatic heterocycles. The van der Waals surface area contributed by atoms with Crippen LogP contribution < -0.4 is 10.2 Å². The Morgan fingerprint density at radius 1 is 0.959 bits per heavy atom. The van der Waals surface area contributed by atoms with E-state index in [0.717, 1.165) is 34.3 Å². The topological polar surface area (TPSA) is 81.7 Å². The van der Waals surface area contributed by atoms with E-state index in [1.807, 2.05) is 23.1 Å². The lowest BCUT2D eigenvalue weighted by molar-refractivity contribution is -0.137. The van der Waals surface area contributed by atoms with Gasteiger partial charge in [0.05, 0.1) is 28.4 Å². The predicted octanol–water partition coefficient (Wildman–Crippen LogP) is 5.67. The van der Waals surface area contributed by atoms with Crippen LogP contribution in [0.15, 0.2) is 90.0 Å². The standard InChI is InChI=1S/C34H32F6N6O2S/c35-26-8-10-28(11-9-26)49(48)46-22-33(36,37)19-30(46)32(47)42-20-23-17-29(24-4-6-25(7-5-24)34(38,39)40)43-31(18-23)45-15-13-44(14-16-45)21-27-3-1-2-12-41-27/h1-12,17-18,30H,13-16,19-22H2,(H,42,47). The second-order valence-electron chi connectivity index (χ2n) is 12.0. The highest BCUT2D eigenvalue weighted by atomic mass is 32.2. The Hall–Kier alpha value is -4.34. The molecule has 2 atom stereocenters. The molecule has 2 fully saturated rings. The lowest BCUT2D eigenvalue weighted by Crippen LogP contribution is -2.46. The molecule has 4 heterocycles. The second kappa shape index (κ2) is 14.3. The van der Waals surface area contributed by atoms with E-state index < -0.39 is 59.4 Å². The zero-order valence-electron chi connectivity index (χ0n) is 26.0. The molecule has 2 aliphatic rings. The Morgan fingerprint density at radius 2 is 1.67 bits per heavy atom. The number of benzene rings is 2. The van der Waals surface area contributed by atoms with Crippen LogP contribution in [-0.2, 0) is 35.0 Å². The molecule has 6 rings (SSSR count). The van der Waals surface area contributed by atoms with Crippen LogP contribution in [0.2, 0.25) is 0 Å². The number of nitrogens with one attached hydrogen (secondary N) is 1. The second-order valence-corrected chi connectivity index (χ2v) is 13.4. The van der Waals surface area contributed by atoms with Crippen molar-refractivity contribution < 1.29 is 35.3 Å². The monoisotopic (exact) mass is 702 g/mol. The largest absolute Gasteiger partial charge is 0.416 e. The van der Waals surface area contributed by atoms with E-state index in [0.29, 0.717) is 55.4 Å². The number of amides is 1. The molecule has 0 spiro atoms. The lowest BCUT2D eigenvalue weighted by Gasteiger charge is -2.35. The summed E-state index contributed by atoms with van der Waals surface area (Å²) in [5.41, 5.74) is 1.47. The highest BCUT2D eigenvalue weighted by Crippen LogP contribution is 2.35. The number of nitrogens with zero attached hydrogens (tertiary/aromatic N) is 5. The molecule has 2 saturated heterocycles. The maximum Gasteiger partial charge on any atom is 0.416 e. The number of carbonyl (C=O) groups excluding carboxylic acids is 1. The quantitative estimate of drug-likeness (QED) is 0.227. The number of hydrogen-bond acceptors (Lipinski definition) is 6. The Labute approximate surface area is 281 Å². The molecular formula is C34H32F6N6O2S. The number of alkyl halides is 5. The van der Waals surface area contributed by atoms with E-state index in [1.54, 1.807) is 18.3 Å². The normalized spacial score (nSPS) is 19.1. The number of pyridine rings is 2. The summed E-state index contributed by atoms with van der Waals surface area (Å²) >= 11 is 0. The molecule has 15 heteroatoms. The van der Waals surface area contributed by atoms with Gasteiger partial charge in [0.25, 0.3) is 5.92 Å². The van der Waals surface area contributed by atoms with Crippen molar-refractivity contribution in [1.82, 2.24) is 24.5 Å². The van der Waals surface area contributed by atoms with Crippen LogP contribution in [0.3, 0.4) is 0 Å². The van der Waals surface area contributed by atoms with Gasteiger partial charge in [-0.3, -0.25) is 14.7 Å². The van der Waals surface area contributed by atoms with Crippen molar-refractivity contribution in [2.75, 3.05) is 37.6 Å². The van der Waals surface area contributed by atoms with Crippen LogP contribution >= 0.6 is 0 Å². The Balaban J connectivity index is 1.21. The van der Waals surface area contributed by atoms with Crippen molar-refractivity contribution >= 4 is 22.7 Å². The van der Waals surface area contributed by atoms with Gasteiger partial charge < -0.3 is 10.2 Å². The fourth-order valence-electron chi connectivity index (χ4n) is 5.85. The third-order valence-corrected chi connectivity index (χ3v) is 9.90. The van der Waals surface area contributed by atoms with E-state index in [2.05, 4.69) is 15.2 Å². The Morgan fingerprint density at radius 3 is 2.33 bits per heavy atom. The summed E-state index contributed by atoms with van der Waals surface area (Å²) < 4.78 is 96.3. The highest BCUT2D eigenvalue weighted by Gasteiger charge is 2.50. The molecule has 258 valence electrons. The fourth-order valence-corrected chi connectivity index (χ4v) is 7.19. The molecule has 4 aromatic rings. The summed E-state index contributed by atoms with van der Waals surface area (Å²) in [5.74, 6) is -4.09. The third kappa shape index (κ3) is 8.46. The van der Waals surface area contributed by atoms with Gasteiger partial charge in [-0.15, -0.1) is 0 Å². The molecule has 8 nitrogen and oxygen atoms in total. The van der Waals surface area contributed by atoms with Crippen molar-refractivity contribution in [3.63, 3.8) is 0 Å². The molecule has 0 aliphatic carbocycles. The molecule has 0 bridgehead atoms. The van der Waals surface area contributed by atoms with Gasteiger partial charge in [-0.05, 0) is 66.2 Å². The van der Waals surface area contributed by atoms with Crippen molar-refractivity contribution in [3.8, 4) is 11.3 Å². The molecule has 2 unspecified atom stereocenters. The number of piperazine rings is 1. The predicted molar refractivity (Wildman–Crippen MR) is 171 cm³/mol. The van der Waals surface area contributed by atoms with Crippen LogP contribution in [0.1, 0.15) is 23.2 Å². The third-order valence-electron chi connectivity index (χ3n) is 8.41. The summed E-state index contributed by atoms with van der Waals surface area (Å²) in [6, 6.07) is 16.8. The van der Waals surface area contributed by atoms with Crippen molar-refractivity contribution in [3.05, 3.63) is 108 Å². The minimum absolute atomic E-state index is 0.0805. The van der Waals surface area contributed by atoms with E-state index in [4.69, 9.17) is 4.98 Å². The highest BCUT2D eigenvalue weighted by molar-refractivity contribution is 7.82. The summed E-state index contributed by atoms with van der Waals surface area (Å²) in [5, 5.41) is 2.68. The van der Waals surface area contributed by atoms with Crippen LogP contribution in [0.5, 0.6) is 0 Å². The van der Waals surface area contributed by atoms with Crippen molar-refractivity contribution in [2.45, 2.75) is 42.5 Å². The molecular weight excluding hydrogens is 670 g/mol. The number of carbonyl (C=O) groups is 1. The van der Waals surface area contributed by atoms with Crippen LogP contribution in [0.4, 0.5) is 32.2 Å². The van der Waals surface area contributed by atoms with Crippen LogP contribution in [0.25, 0.3) is 11.3 Å². The minimum Gasteiger partial charge on any atom is -0.354 e.